The lowest BCUT2D eigenvalue weighted by Gasteiger charge is -2.42. The van der Waals surface area contributed by atoms with Crippen LogP contribution in [0.15, 0.2) is 67.0 Å². The van der Waals surface area contributed by atoms with Crippen molar-refractivity contribution in [3.8, 4) is 11.5 Å². The number of ether oxygens (including phenoxy) is 1. The second-order valence-electron chi connectivity index (χ2n) is 8.97. The van der Waals surface area contributed by atoms with Crippen LogP contribution in [0.4, 0.5) is 11.4 Å². The molecule has 0 bridgehead atoms. The maximum atomic E-state index is 13.0. The molecule has 34 heavy (non-hydrogen) atoms. The number of anilines is 2. The van der Waals surface area contributed by atoms with Gasteiger partial charge in [0, 0.05) is 56.7 Å². The van der Waals surface area contributed by atoms with Gasteiger partial charge in [0.2, 0.25) is 0 Å². The normalized spacial score (nSPS) is 15.9. The molecule has 3 heterocycles. The SMILES string of the molecule is CCN(CC)C(=O)c1ccc2c(c1)Oc1ccccc1N2C1CCN(Cc2cccnc2)CC1. The number of rotatable bonds is 6. The maximum Gasteiger partial charge on any atom is 0.253 e. The van der Waals surface area contributed by atoms with Gasteiger partial charge in [0.15, 0.2) is 11.5 Å². The molecule has 6 heteroatoms. The van der Waals surface area contributed by atoms with E-state index < -0.39 is 0 Å². The summed E-state index contributed by atoms with van der Waals surface area (Å²) in [5.41, 5.74) is 4.07. The van der Waals surface area contributed by atoms with Crippen molar-refractivity contribution in [2.75, 3.05) is 31.1 Å². The van der Waals surface area contributed by atoms with Crippen molar-refractivity contribution >= 4 is 17.3 Å². The molecule has 0 unspecified atom stereocenters. The minimum atomic E-state index is 0.0468. The number of nitrogens with zero attached hydrogens (tertiary/aromatic N) is 4. The van der Waals surface area contributed by atoms with Crippen molar-refractivity contribution in [3.63, 3.8) is 0 Å². The molecule has 2 aliphatic rings. The summed E-state index contributed by atoms with van der Waals surface area (Å²) in [6.45, 7) is 8.41. The molecule has 1 aromatic heterocycles. The predicted octanol–water partition coefficient (Wildman–Crippen LogP) is 5.47. The minimum absolute atomic E-state index is 0.0468. The minimum Gasteiger partial charge on any atom is -0.453 e. The second kappa shape index (κ2) is 9.85. The lowest BCUT2D eigenvalue weighted by molar-refractivity contribution is 0.0772. The molecule has 6 nitrogen and oxygen atoms in total. The van der Waals surface area contributed by atoms with Crippen molar-refractivity contribution in [1.29, 1.82) is 0 Å². The molecular formula is C28H32N4O2. The zero-order chi connectivity index (χ0) is 23.5. The van der Waals surface area contributed by atoms with Crippen LogP contribution in [-0.4, -0.2) is 52.9 Å². The number of amides is 1. The van der Waals surface area contributed by atoms with Crippen LogP contribution >= 0.6 is 0 Å². The Hall–Kier alpha value is -3.38. The monoisotopic (exact) mass is 456 g/mol. The summed E-state index contributed by atoms with van der Waals surface area (Å²) in [5.74, 6) is 1.65. The molecule has 2 aromatic carbocycles. The van der Waals surface area contributed by atoms with E-state index in [0.717, 1.165) is 55.3 Å². The van der Waals surface area contributed by atoms with E-state index in [1.165, 1.54) is 5.56 Å². The van der Waals surface area contributed by atoms with Gasteiger partial charge in [-0.25, -0.2) is 0 Å². The number of likely N-dealkylation sites (tertiary alicyclic amines) is 1. The van der Waals surface area contributed by atoms with E-state index in [1.807, 2.05) is 61.5 Å². The van der Waals surface area contributed by atoms with E-state index in [0.29, 0.717) is 24.7 Å². The standard InChI is InChI=1S/C28H32N4O2/c1-3-31(4-2)28(33)22-11-12-25-27(18-22)34-26-10-6-5-9-24(26)32(25)23-13-16-30(17-14-23)20-21-8-7-15-29-19-21/h5-12,15,18-19,23H,3-4,13-14,16-17,20H2,1-2H3. The highest BCUT2D eigenvalue weighted by Crippen LogP contribution is 2.49. The van der Waals surface area contributed by atoms with E-state index in [9.17, 15) is 4.79 Å². The number of piperidine rings is 1. The Balaban J connectivity index is 1.39. The number of aromatic nitrogens is 1. The molecule has 1 amide bonds. The molecule has 0 saturated carbocycles. The molecule has 1 saturated heterocycles. The Bertz CT molecular complexity index is 1140. The number of carbonyl (C=O) groups is 1. The summed E-state index contributed by atoms with van der Waals surface area (Å²) >= 11 is 0. The summed E-state index contributed by atoms with van der Waals surface area (Å²) in [4.78, 5) is 24.0. The third kappa shape index (κ3) is 4.38. The topological polar surface area (TPSA) is 48.9 Å². The molecular weight excluding hydrogens is 424 g/mol. The van der Waals surface area contributed by atoms with Crippen LogP contribution in [0.25, 0.3) is 0 Å². The molecule has 1 fully saturated rings. The first kappa shape index (κ1) is 22.4. The van der Waals surface area contributed by atoms with Crippen LogP contribution < -0.4 is 9.64 Å². The molecule has 0 N–H and O–H groups in total. The summed E-state index contributed by atoms with van der Waals surface area (Å²) in [6, 6.07) is 18.7. The van der Waals surface area contributed by atoms with Gasteiger partial charge in [-0.05, 0) is 68.7 Å². The third-order valence-electron chi connectivity index (χ3n) is 6.91. The average Bonchev–Trinajstić information content (AvgIpc) is 2.89. The Morgan fingerprint density at radius 1 is 1.00 bits per heavy atom. The van der Waals surface area contributed by atoms with Gasteiger partial charge < -0.3 is 14.5 Å². The lowest BCUT2D eigenvalue weighted by atomic mass is 9.99. The van der Waals surface area contributed by atoms with Gasteiger partial charge in [-0.1, -0.05) is 18.2 Å². The highest BCUT2D eigenvalue weighted by atomic mass is 16.5. The maximum absolute atomic E-state index is 13.0. The largest absolute Gasteiger partial charge is 0.453 e. The summed E-state index contributed by atoms with van der Waals surface area (Å²) < 4.78 is 6.31. The van der Waals surface area contributed by atoms with Gasteiger partial charge in [-0.2, -0.15) is 0 Å². The number of hydrogen-bond donors (Lipinski definition) is 0. The number of hydrogen-bond acceptors (Lipinski definition) is 5. The van der Waals surface area contributed by atoms with Crippen LogP contribution in [0, 0.1) is 0 Å². The van der Waals surface area contributed by atoms with E-state index in [-0.39, 0.29) is 5.91 Å². The molecule has 176 valence electrons. The van der Waals surface area contributed by atoms with Gasteiger partial charge in [0.1, 0.15) is 0 Å². The molecule has 5 rings (SSSR count). The number of benzene rings is 2. The van der Waals surface area contributed by atoms with Crippen molar-refractivity contribution in [3.05, 3.63) is 78.1 Å². The number of pyridine rings is 1. The smallest absolute Gasteiger partial charge is 0.253 e. The molecule has 2 aliphatic heterocycles. The average molecular weight is 457 g/mol. The van der Waals surface area contributed by atoms with Gasteiger partial charge in [0.05, 0.1) is 11.4 Å². The zero-order valence-electron chi connectivity index (χ0n) is 20.0. The van der Waals surface area contributed by atoms with Crippen molar-refractivity contribution in [1.82, 2.24) is 14.8 Å². The Labute approximate surface area is 201 Å². The molecule has 0 aliphatic carbocycles. The fourth-order valence-electron chi connectivity index (χ4n) is 5.09. The first-order valence-corrected chi connectivity index (χ1v) is 12.3. The van der Waals surface area contributed by atoms with E-state index in [2.05, 4.69) is 39.0 Å². The lowest BCUT2D eigenvalue weighted by Crippen LogP contribution is -2.43. The molecule has 0 atom stereocenters. The molecule has 3 aromatic rings. The van der Waals surface area contributed by atoms with E-state index in [1.54, 1.807) is 0 Å². The van der Waals surface area contributed by atoms with Gasteiger partial charge in [0.25, 0.3) is 5.91 Å². The predicted molar refractivity (Wildman–Crippen MR) is 135 cm³/mol. The highest BCUT2D eigenvalue weighted by Gasteiger charge is 2.33. The van der Waals surface area contributed by atoms with Crippen LogP contribution in [0.3, 0.4) is 0 Å². The van der Waals surface area contributed by atoms with Crippen molar-refractivity contribution < 1.29 is 9.53 Å². The fraction of sp³-hybridized carbons (Fsp3) is 0.357. The van der Waals surface area contributed by atoms with E-state index in [4.69, 9.17) is 4.74 Å². The Kier molecular flexibility index (Phi) is 6.50. The zero-order valence-corrected chi connectivity index (χ0v) is 20.0. The first-order valence-electron chi connectivity index (χ1n) is 12.3. The quantitative estimate of drug-likeness (QED) is 0.492. The van der Waals surface area contributed by atoms with Gasteiger partial charge >= 0.3 is 0 Å². The molecule has 0 spiro atoms. The molecule has 0 radical (unpaired) electrons. The van der Waals surface area contributed by atoms with Crippen LogP contribution in [0.5, 0.6) is 11.5 Å². The van der Waals surface area contributed by atoms with Crippen LogP contribution in [-0.2, 0) is 6.54 Å². The van der Waals surface area contributed by atoms with Gasteiger partial charge in [-0.3, -0.25) is 14.7 Å². The van der Waals surface area contributed by atoms with Crippen LogP contribution in [0.2, 0.25) is 0 Å². The summed E-state index contributed by atoms with van der Waals surface area (Å²) in [7, 11) is 0. The van der Waals surface area contributed by atoms with Crippen LogP contribution in [0.1, 0.15) is 42.6 Å². The highest BCUT2D eigenvalue weighted by molar-refractivity contribution is 5.96. The van der Waals surface area contributed by atoms with E-state index >= 15 is 0 Å². The van der Waals surface area contributed by atoms with Crippen molar-refractivity contribution in [2.45, 2.75) is 39.3 Å². The number of fused-ring (bicyclic) bond motifs is 2. The summed E-state index contributed by atoms with van der Waals surface area (Å²) in [6.07, 6.45) is 5.91. The fourth-order valence-corrected chi connectivity index (χ4v) is 5.09. The van der Waals surface area contributed by atoms with Crippen molar-refractivity contribution in [2.24, 2.45) is 0 Å². The number of para-hydroxylation sites is 2. The first-order chi connectivity index (χ1) is 16.7. The second-order valence-corrected chi connectivity index (χ2v) is 8.97. The number of carbonyl (C=O) groups excluding carboxylic acids is 1. The van der Waals surface area contributed by atoms with Gasteiger partial charge in [-0.15, -0.1) is 0 Å². The summed E-state index contributed by atoms with van der Waals surface area (Å²) in [5, 5.41) is 0. The third-order valence-corrected chi connectivity index (χ3v) is 6.91. The Morgan fingerprint density at radius 3 is 2.50 bits per heavy atom. The Morgan fingerprint density at radius 2 is 1.76 bits per heavy atom.